The molecule has 0 fully saturated rings. The van der Waals surface area contributed by atoms with Crippen LogP contribution in [-0.2, 0) is 12.0 Å². The van der Waals surface area contributed by atoms with E-state index in [0.717, 1.165) is 0 Å². The zero-order chi connectivity index (χ0) is 15.0. The topological polar surface area (TPSA) is 49.3 Å². The van der Waals surface area contributed by atoms with Crippen LogP contribution >= 0.6 is 0 Å². The van der Waals surface area contributed by atoms with Gasteiger partial charge in [-0.1, -0.05) is 20.8 Å². The Hall–Kier alpha value is -1.79. The van der Waals surface area contributed by atoms with Crippen molar-refractivity contribution in [3.05, 3.63) is 34.4 Å². The van der Waals surface area contributed by atoms with Gasteiger partial charge in [0.15, 0.2) is 23.3 Å². The van der Waals surface area contributed by atoms with Crippen molar-refractivity contribution in [2.45, 2.75) is 32.7 Å². The molecular formula is C12H13F4NO2. The molecule has 2 N–H and O–H groups in total. The van der Waals surface area contributed by atoms with Crippen LogP contribution in [0, 0.1) is 23.3 Å². The SMILES string of the molecule is CC(C)(C)c1c(F)c(F)c(CNC(=O)O)c(F)c1F. The first kappa shape index (κ1) is 15.3. The Balaban J connectivity index is 3.43. The van der Waals surface area contributed by atoms with E-state index in [4.69, 9.17) is 5.11 Å². The molecule has 1 aromatic carbocycles. The Bertz CT molecular complexity index is 494. The van der Waals surface area contributed by atoms with Gasteiger partial charge in [-0.2, -0.15) is 0 Å². The van der Waals surface area contributed by atoms with Gasteiger partial charge in [-0.05, 0) is 5.41 Å². The van der Waals surface area contributed by atoms with Crippen molar-refractivity contribution in [2.75, 3.05) is 0 Å². The van der Waals surface area contributed by atoms with E-state index in [2.05, 4.69) is 0 Å². The van der Waals surface area contributed by atoms with E-state index in [0.29, 0.717) is 0 Å². The smallest absolute Gasteiger partial charge is 0.404 e. The third-order valence-corrected chi connectivity index (χ3v) is 2.52. The summed E-state index contributed by atoms with van der Waals surface area (Å²) >= 11 is 0. The average molecular weight is 279 g/mol. The van der Waals surface area contributed by atoms with Gasteiger partial charge in [-0.25, -0.2) is 22.4 Å². The van der Waals surface area contributed by atoms with Gasteiger partial charge >= 0.3 is 6.09 Å². The van der Waals surface area contributed by atoms with Crippen molar-refractivity contribution in [3.63, 3.8) is 0 Å². The monoisotopic (exact) mass is 279 g/mol. The van der Waals surface area contributed by atoms with Crippen molar-refractivity contribution in [2.24, 2.45) is 0 Å². The van der Waals surface area contributed by atoms with Crippen LogP contribution in [0.15, 0.2) is 0 Å². The molecule has 0 bridgehead atoms. The van der Waals surface area contributed by atoms with Crippen molar-refractivity contribution >= 4 is 6.09 Å². The highest BCUT2D eigenvalue weighted by atomic mass is 19.2. The van der Waals surface area contributed by atoms with Gasteiger partial charge in [0.1, 0.15) is 0 Å². The molecule has 0 unspecified atom stereocenters. The van der Waals surface area contributed by atoms with Gasteiger partial charge in [0.05, 0.1) is 6.54 Å². The van der Waals surface area contributed by atoms with E-state index >= 15 is 0 Å². The maximum absolute atomic E-state index is 13.8. The minimum absolute atomic E-state index is 0.707. The second-order valence-electron chi connectivity index (χ2n) is 5.02. The number of amides is 1. The fraction of sp³-hybridized carbons (Fsp3) is 0.417. The first-order chi connectivity index (χ1) is 8.57. The molecule has 0 spiro atoms. The lowest BCUT2D eigenvalue weighted by atomic mass is 9.85. The Labute approximate surface area is 107 Å². The number of benzene rings is 1. The summed E-state index contributed by atoms with van der Waals surface area (Å²) in [6, 6.07) is 0. The molecule has 1 amide bonds. The molecule has 0 aliphatic carbocycles. The van der Waals surface area contributed by atoms with Crippen LogP contribution in [0.1, 0.15) is 31.9 Å². The molecule has 0 atom stereocenters. The van der Waals surface area contributed by atoms with Crippen molar-refractivity contribution in [3.8, 4) is 0 Å². The van der Waals surface area contributed by atoms with Crippen LogP contribution in [0.3, 0.4) is 0 Å². The average Bonchev–Trinajstić information content (AvgIpc) is 2.24. The minimum Gasteiger partial charge on any atom is -0.465 e. The molecule has 0 aliphatic heterocycles. The first-order valence-corrected chi connectivity index (χ1v) is 5.39. The van der Waals surface area contributed by atoms with E-state index in [1.807, 2.05) is 0 Å². The minimum atomic E-state index is -1.59. The van der Waals surface area contributed by atoms with E-state index < -0.39 is 52.4 Å². The Morgan fingerprint density at radius 2 is 1.47 bits per heavy atom. The predicted molar refractivity (Wildman–Crippen MR) is 59.8 cm³/mol. The summed E-state index contributed by atoms with van der Waals surface area (Å²) in [5.74, 6) is -6.18. The first-order valence-electron chi connectivity index (χ1n) is 5.39. The highest BCUT2D eigenvalue weighted by molar-refractivity contribution is 5.64. The second-order valence-corrected chi connectivity index (χ2v) is 5.02. The number of hydrogen-bond acceptors (Lipinski definition) is 1. The molecule has 0 aliphatic rings. The number of rotatable bonds is 2. The summed E-state index contributed by atoms with van der Waals surface area (Å²) in [5, 5.41) is 9.99. The predicted octanol–water partition coefficient (Wildman–Crippen LogP) is 3.31. The number of carbonyl (C=O) groups is 1. The van der Waals surface area contributed by atoms with Crippen molar-refractivity contribution < 1.29 is 27.5 Å². The summed E-state index contributed by atoms with van der Waals surface area (Å²) in [5.41, 5.74) is -2.82. The normalized spacial score (nSPS) is 11.5. The molecule has 1 aromatic rings. The Kier molecular flexibility index (Phi) is 4.07. The molecular weight excluding hydrogens is 266 g/mol. The van der Waals surface area contributed by atoms with Crippen molar-refractivity contribution in [1.82, 2.24) is 5.32 Å². The third-order valence-electron chi connectivity index (χ3n) is 2.52. The highest BCUT2D eigenvalue weighted by Crippen LogP contribution is 2.32. The molecule has 7 heteroatoms. The lowest BCUT2D eigenvalue weighted by molar-refractivity contribution is 0.193. The van der Waals surface area contributed by atoms with Crippen molar-refractivity contribution in [1.29, 1.82) is 0 Å². The maximum atomic E-state index is 13.8. The largest absolute Gasteiger partial charge is 0.465 e. The summed E-state index contributed by atoms with van der Waals surface area (Å²) in [6.07, 6.45) is -1.56. The highest BCUT2D eigenvalue weighted by Gasteiger charge is 2.31. The molecule has 0 heterocycles. The van der Waals surface area contributed by atoms with Crippen LogP contribution in [0.25, 0.3) is 0 Å². The van der Waals surface area contributed by atoms with Gasteiger partial charge in [-0.15, -0.1) is 0 Å². The number of carboxylic acid groups (broad SMARTS) is 1. The number of halogens is 4. The van der Waals surface area contributed by atoms with Crippen LogP contribution in [0.2, 0.25) is 0 Å². The van der Waals surface area contributed by atoms with E-state index in [-0.39, 0.29) is 0 Å². The van der Waals surface area contributed by atoms with E-state index in [1.165, 1.54) is 20.8 Å². The molecule has 19 heavy (non-hydrogen) atoms. The van der Waals surface area contributed by atoms with Crippen LogP contribution < -0.4 is 5.32 Å². The summed E-state index contributed by atoms with van der Waals surface area (Å²) in [4.78, 5) is 10.2. The summed E-state index contributed by atoms with van der Waals surface area (Å²) < 4.78 is 54.9. The van der Waals surface area contributed by atoms with Crippen LogP contribution in [0.4, 0.5) is 22.4 Å². The van der Waals surface area contributed by atoms with Gasteiger partial charge in [0.2, 0.25) is 0 Å². The van der Waals surface area contributed by atoms with Gasteiger partial charge in [0, 0.05) is 11.1 Å². The van der Waals surface area contributed by atoms with Crippen LogP contribution in [0.5, 0.6) is 0 Å². The van der Waals surface area contributed by atoms with Crippen LogP contribution in [-0.4, -0.2) is 11.2 Å². The zero-order valence-electron chi connectivity index (χ0n) is 10.6. The molecule has 1 rings (SSSR count). The zero-order valence-corrected chi connectivity index (χ0v) is 10.6. The third kappa shape index (κ3) is 2.97. The lowest BCUT2D eigenvalue weighted by Crippen LogP contribution is -2.25. The lowest BCUT2D eigenvalue weighted by Gasteiger charge is -2.22. The molecule has 0 saturated carbocycles. The number of hydrogen-bond donors (Lipinski definition) is 2. The maximum Gasteiger partial charge on any atom is 0.404 e. The summed E-state index contributed by atoms with van der Waals surface area (Å²) in [7, 11) is 0. The quantitative estimate of drug-likeness (QED) is 0.644. The number of nitrogens with one attached hydrogen (secondary N) is 1. The van der Waals surface area contributed by atoms with Gasteiger partial charge < -0.3 is 10.4 Å². The molecule has 0 aromatic heterocycles. The fourth-order valence-corrected chi connectivity index (χ4v) is 1.65. The molecule has 0 radical (unpaired) electrons. The van der Waals surface area contributed by atoms with E-state index in [9.17, 15) is 22.4 Å². The molecule has 0 saturated heterocycles. The fourth-order valence-electron chi connectivity index (χ4n) is 1.65. The van der Waals surface area contributed by atoms with Gasteiger partial charge in [-0.3, -0.25) is 0 Å². The Morgan fingerprint density at radius 3 is 1.79 bits per heavy atom. The van der Waals surface area contributed by atoms with E-state index in [1.54, 1.807) is 5.32 Å². The second kappa shape index (κ2) is 5.07. The summed E-state index contributed by atoms with van der Waals surface area (Å²) in [6.45, 7) is 3.36. The Morgan fingerprint density at radius 1 is 1.05 bits per heavy atom. The molecule has 3 nitrogen and oxygen atoms in total. The molecule has 106 valence electrons. The van der Waals surface area contributed by atoms with Gasteiger partial charge in [0.25, 0.3) is 0 Å². The standard InChI is InChI=1S/C12H13F4NO2/c1-12(2,3)6-9(15)7(13)5(4-17-11(18)19)8(14)10(6)16/h17H,4H2,1-3H3,(H,18,19).